The number of hydrogen-bond acceptors (Lipinski definition) is 4. The number of hydrogen-bond donors (Lipinski definition) is 1. The van der Waals surface area contributed by atoms with Crippen molar-refractivity contribution in [1.29, 1.82) is 0 Å². The zero-order chi connectivity index (χ0) is 26.2. The van der Waals surface area contributed by atoms with Crippen LogP contribution in [0, 0.1) is 0 Å². The van der Waals surface area contributed by atoms with E-state index in [0.717, 1.165) is 41.6 Å². The quantitative estimate of drug-likeness (QED) is 0.193. The van der Waals surface area contributed by atoms with Gasteiger partial charge in [0.25, 0.3) is 0 Å². The number of rotatable bonds is 12. The van der Waals surface area contributed by atoms with E-state index in [2.05, 4.69) is 4.74 Å². The first kappa shape index (κ1) is 32.7. The van der Waals surface area contributed by atoms with Gasteiger partial charge in [-0.3, -0.25) is 0 Å². The molecule has 186 valence electrons. The normalized spacial score (nSPS) is 14.0. The van der Waals surface area contributed by atoms with Gasteiger partial charge >= 0.3 is 11.9 Å². The Labute approximate surface area is 205 Å². The van der Waals surface area contributed by atoms with Gasteiger partial charge in [-0.2, -0.15) is 0 Å². The molecule has 0 aromatic heterocycles. The van der Waals surface area contributed by atoms with Crippen LogP contribution < -0.4 is 0 Å². The first-order valence-electron chi connectivity index (χ1n) is 11.1. The highest BCUT2D eigenvalue weighted by atomic mass is 16.5. The van der Waals surface area contributed by atoms with E-state index >= 15 is 0 Å². The summed E-state index contributed by atoms with van der Waals surface area (Å²) in [5.41, 5.74) is 3.98. The van der Waals surface area contributed by atoms with Crippen LogP contribution >= 0.6 is 0 Å². The molecule has 0 aliphatic carbocycles. The Morgan fingerprint density at radius 2 is 1.00 bits per heavy atom. The molecular formula is C29H40O5. The standard InChI is InChI=1S/C25H30O4.C4H10O/c1-20(12-8-14-22(3)16-18-24(26)27)10-6-7-11-21(2)13-9-15-23(4)17-19-25(28)29-5;1-3-5-4-2/h6-19H,1-5H3,(H,26,27);3-4H2,1-2H3/b7-6+,12-8+,13-9+,18-16+,19-17+,20-10+,21-11+,22-14+,23-15+;. The van der Waals surface area contributed by atoms with Crippen molar-refractivity contribution in [2.24, 2.45) is 0 Å². The Hall–Kier alpha value is -3.44. The molecule has 0 amide bonds. The first-order chi connectivity index (χ1) is 16.2. The van der Waals surface area contributed by atoms with Crippen LogP contribution in [0.3, 0.4) is 0 Å². The average Bonchev–Trinajstić information content (AvgIpc) is 2.79. The smallest absolute Gasteiger partial charge is 0.330 e. The monoisotopic (exact) mass is 468 g/mol. The van der Waals surface area contributed by atoms with Crippen molar-refractivity contribution in [3.05, 3.63) is 107 Å². The van der Waals surface area contributed by atoms with Crippen molar-refractivity contribution in [3.63, 3.8) is 0 Å². The van der Waals surface area contributed by atoms with Gasteiger partial charge in [-0.25, -0.2) is 9.59 Å². The third-order valence-electron chi connectivity index (χ3n) is 3.85. The zero-order valence-electron chi connectivity index (χ0n) is 21.6. The van der Waals surface area contributed by atoms with E-state index in [0.29, 0.717) is 0 Å². The van der Waals surface area contributed by atoms with E-state index in [1.54, 1.807) is 12.2 Å². The third kappa shape index (κ3) is 24.8. The summed E-state index contributed by atoms with van der Waals surface area (Å²) in [6.07, 6.45) is 25.2. The van der Waals surface area contributed by atoms with Crippen LogP contribution in [0.4, 0.5) is 0 Å². The summed E-state index contributed by atoms with van der Waals surface area (Å²) in [6.45, 7) is 13.4. The third-order valence-corrected chi connectivity index (χ3v) is 3.85. The molecule has 0 aromatic rings. The molecule has 0 radical (unpaired) electrons. The second-order valence-corrected chi connectivity index (χ2v) is 7.06. The van der Waals surface area contributed by atoms with Crippen LogP contribution in [-0.2, 0) is 19.1 Å². The van der Waals surface area contributed by atoms with Gasteiger partial charge in [-0.15, -0.1) is 0 Å². The van der Waals surface area contributed by atoms with E-state index in [4.69, 9.17) is 9.84 Å². The fourth-order valence-electron chi connectivity index (χ4n) is 2.01. The molecule has 0 spiro atoms. The SMILES string of the molecule is CCOCC.COC(=O)/C=C/C(C)=C/C=C/C(C)=C/C=C/C=C(C)/C=C/C=C(C)/C=C/C(=O)O. The number of carboxylic acid groups (broad SMARTS) is 1. The molecule has 0 saturated heterocycles. The van der Waals surface area contributed by atoms with Gasteiger partial charge in [0.15, 0.2) is 0 Å². The highest BCUT2D eigenvalue weighted by Crippen LogP contribution is 2.02. The Morgan fingerprint density at radius 3 is 1.35 bits per heavy atom. The number of carboxylic acids is 1. The lowest BCUT2D eigenvalue weighted by molar-refractivity contribution is -0.135. The molecular weight excluding hydrogens is 428 g/mol. The predicted octanol–water partition coefficient (Wildman–Crippen LogP) is 6.85. The number of allylic oxidation sites excluding steroid dienone is 16. The molecule has 0 unspecified atom stereocenters. The number of methoxy groups -OCH3 is 1. The van der Waals surface area contributed by atoms with Crippen LogP contribution in [-0.4, -0.2) is 37.4 Å². The van der Waals surface area contributed by atoms with Crippen molar-refractivity contribution >= 4 is 11.9 Å². The maximum Gasteiger partial charge on any atom is 0.330 e. The van der Waals surface area contributed by atoms with Crippen molar-refractivity contribution in [3.8, 4) is 0 Å². The highest BCUT2D eigenvalue weighted by molar-refractivity contribution is 5.82. The average molecular weight is 469 g/mol. The minimum absolute atomic E-state index is 0.373. The molecule has 5 heteroatoms. The summed E-state index contributed by atoms with van der Waals surface area (Å²) < 4.78 is 9.38. The lowest BCUT2D eigenvalue weighted by atomic mass is 10.2. The Balaban J connectivity index is 0. The minimum atomic E-state index is -0.956. The van der Waals surface area contributed by atoms with Gasteiger partial charge in [0.2, 0.25) is 0 Å². The molecule has 34 heavy (non-hydrogen) atoms. The maximum atomic E-state index is 11.0. The van der Waals surface area contributed by atoms with Crippen molar-refractivity contribution < 1.29 is 24.2 Å². The van der Waals surface area contributed by atoms with Crippen LogP contribution in [0.2, 0.25) is 0 Å². The summed E-state index contributed by atoms with van der Waals surface area (Å²) in [5.74, 6) is -1.33. The summed E-state index contributed by atoms with van der Waals surface area (Å²) in [4.78, 5) is 21.5. The predicted molar refractivity (Wildman–Crippen MR) is 143 cm³/mol. The molecule has 0 aliphatic rings. The number of carbonyl (C=O) groups excluding carboxylic acids is 1. The lowest BCUT2D eigenvalue weighted by Gasteiger charge is -1.91. The van der Waals surface area contributed by atoms with E-state index in [-0.39, 0.29) is 5.97 Å². The van der Waals surface area contributed by atoms with Gasteiger partial charge in [0, 0.05) is 25.4 Å². The Morgan fingerprint density at radius 1 is 0.618 bits per heavy atom. The number of carbonyl (C=O) groups is 2. The minimum Gasteiger partial charge on any atom is -0.478 e. The van der Waals surface area contributed by atoms with Gasteiger partial charge in [-0.1, -0.05) is 95.2 Å². The van der Waals surface area contributed by atoms with E-state index in [1.165, 1.54) is 13.2 Å². The van der Waals surface area contributed by atoms with Gasteiger partial charge in [-0.05, 0) is 41.5 Å². The van der Waals surface area contributed by atoms with Gasteiger partial charge in [0.1, 0.15) is 0 Å². The summed E-state index contributed by atoms with van der Waals surface area (Å²) in [7, 11) is 1.35. The highest BCUT2D eigenvalue weighted by Gasteiger charge is 1.89. The van der Waals surface area contributed by atoms with Gasteiger partial charge in [0.05, 0.1) is 7.11 Å². The summed E-state index contributed by atoms with van der Waals surface area (Å²) >= 11 is 0. The molecule has 0 rings (SSSR count). The fourth-order valence-corrected chi connectivity index (χ4v) is 2.01. The molecule has 0 heterocycles. The molecule has 0 aliphatic heterocycles. The molecule has 0 fully saturated rings. The zero-order valence-corrected chi connectivity index (χ0v) is 21.6. The Bertz CT molecular complexity index is 870. The second-order valence-electron chi connectivity index (χ2n) is 7.06. The molecule has 0 saturated carbocycles. The molecule has 1 N–H and O–H groups in total. The Kier molecular flexibility index (Phi) is 21.9. The van der Waals surface area contributed by atoms with Crippen LogP contribution in [0.5, 0.6) is 0 Å². The molecule has 0 aromatic carbocycles. The molecule has 0 bridgehead atoms. The lowest BCUT2D eigenvalue weighted by Crippen LogP contribution is -1.93. The molecule has 5 nitrogen and oxygen atoms in total. The largest absolute Gasteiger partial charge is 0.478 e. The van der Waals surface area contributed by atoms with E-state index in [1.807, 2.05) is 102 Å². The topological polar surface area (TPSA) is 72.8 Å². The fraction of sp³-hybridized carbons (Fsp3) is 0.310. The van der Waals surface area contributed by atoms with E-state index < -0.39 is 5.97 Å². The number of esters is 1. The van der Waals surface area contributed by atoms with Crippen LogP contribution in [0.15, 0.2) is 107 Å². The number of aliphatic carboxylic acids is 1. The van der Waals surface area contributed by atoms with Crippen LogP contribution in [0.1, 0.15) is 41.5 Å². The van der Waals surface area contributed by atoms with Gasteiger partial charge < -0.3 is 14.6 Å². The maximum absolute atomic E-state index is 11.0. The summed E-state index contributed by atoms with van der Waals surface area (Å²) in [5, 5.41) is 8.58. The second kappa shape index (κ2) is 22.7. The number of ether oxygens (including phenoxy) is 2. The van der Waals surface area contributed by atoms with E-state index in [9.17, 15) is 9.59 Å². The van der Waals surface area contributed by atoms with Crippen molar-refractivity contribution in [1.82, 2.24) is 0 Å². The molecule has 0 atom stereocenters. The van der Waals surface area contributed by atoms with Crippen molar-refractivity contribution in [2.45, 2.75) is 41.5 Å². The summed E-state index contributed by atoms with van der Waals surface area (Å²) in [6, 6.07) is 0. The van der Waals surface area contributed by atoms with Crippen LogP contribution in [0.25, 0.3) is 0 Å². The first-order valence-corrected chi connectivity index (χ1v) is 11.1. The van der Waals surface area contributed by atoms with Crippen molar-refractivity contribution in [2.75, 3.05) is 20.3 Å².